The van der Waals surface area contributed by atoms with Crippen molar-refractivity contribution < 1.29 is 0 Å². The molecule has 1 atom stereocenters. The molecule has 0 amide bonds. The maximum atomic E-state index is 4.43. The molecule has 0 spiro atoms. The van der Waals surface area contributed by atoms with Crippen molar-refractivity contribution >= 4 is 0 Å². The second kappa shape index (κ2) is 2.62. The zero-order valence-corrected chi connectivity index (χ0v) is 6.67. The maximum absolute atomic E-state index is 4.43. The average Bonchev–Trinajstić information content (AvgIpc) is 1.83. The van der Waals surface area contributed by atoms with E-state index in [-0.39, 0.29) is 0 Å². The summed E-state index contributed by atoms with van der Waals surface area (Å²) in [5.41, 5.74) is 2.30. The van der Waals surface area contributed by atoms with Gasteiger partial charge in [0, 0.05) is 5.69 Å². The minimum Gasteiger partial charge on any atom is -0.309 e. The number of nitrogens with one attached hydrogen (secondary N) is 1. The Balaban J connectivity index is 2.23. The standard InChI is InChI=1S/C9H12N2/c1-7-3-2-4-9(11-7)8-5-6-10-8/h2-4,8,10H,5-6H2,1H3/t8-/m1/s1. The van der Waals surface area contributed by atoms with E-state index < -0.39 is 0 Å². The van der Waals surface area contributed by atoms with Crippen LogP contribution in [0.4, 0.5) is 0 Å². The Kier molecular flexibility index (Phi) is 1.62. The van der Waals surface area contributed by atoms with Crippen molar-refractivity contribution in [2.75, 3.05) is 6.54 Å². The molecule has 2 nitrogen and oxygen atoms in total. The summed E-state index contributed by atoms with van der Waals surface area (Å²) >= 11 is 0. The first-order valence-corrected chi connectivity index (χ1v) is 4.03. The van der Waals surface area contributed by atoms with Gasteiger partial charge in [0.2, 0.25) is 0 Å². The monoisotopic (exact) mass is 148 g/mol. The maximum Gasteiger partial charge on any atom is 0.0576 e. The quantitative estimate of drug-likeness (QED) is 0.651. The fourth-order valence-electron chi connectivity index (χ4n) is 1.30. The number of hydrogen-bond acceptors (Lipinski definition) is 2. The van der Waals surface area contributed by atoms with E-state index in [9.17, 15) is 0 Å². The van der Waals surface area contributed by atoms with Crippen LogP contribution in [0.2, 0.25) is 0 Å². The molecule has 0 aliphatic carbocycles. The Hall–Kier alpha value is -0.890. The number of hydrogen-bond donors (Lipinski definition) is 1. The summed E-state index contributed by atoms with van der Waals surface area (Å²) in [5, 5.41) is 3.33. The molecule has 2 rings (SSSR count). The van der Waals surface area contributed by atoms with Gasteiger partial charge in [-0.2, -0.15) is 0 Å². The van der Waals surface area contributed by atoms with E-state index >= 15 is 0 Å². The molecule has 1 saturated heterocycles. The van der Waals surface area contributed by atoms with E-state index in [1.54, 1.807) is 0 Å². The molecule has 1 aliphatic heterocycles. The van der Waals surface area contributed by atoms with Gasteiger partial charge in [-0.15, -0.1) is 0 Å². The van der Waals surface area contributed by atoms with Gasteiger partial charge in [-0.1, -0.05) is 6.07 Å². The summed E-state index contributed by atoms with van der Waals surface area (Å²) in [6.07, 6.45) is 1.23. The molecule has 1 N–H and O–H groups in total. The average molecular weight is 148 g/mol. The highest BCUT2D eigenvalue weighted by atomic mass is 15.0. The number of pyridine rings is 1. The zero-order valence-electron chi connectivity index (χ0n) is 6.67. The lowest BCUT2D eigenvalue weighted by Crippen LogP contribution is -2.35. The van der Waals surface area contributed by atoms with E-state index in [1.807, 2.05) is 13.0 Å². The van der Waals surface area contributed by atoms with Crippen molar-refractivity contribution in [2.45, 2.75) is 19.4 Å². The van der Waals surface area contributed by atoms with Crippen molar-refractivity contribution in [3.63, 3.8) is 0 Å². The van der Waals surface area contributed by atoms with Crippen LogP contribution in [0, 0.1) is 6.92 Å². The first-order valence-electron chi connectivity index (χ1n) is 4.03. The highest BCUT2D eigenvalue weighted by molar-refractivity contribution is 5.15. The second-order valence-electron chi connectivity index (χ2n) is 3.00. The normalized spacial score (nSPS) is 22.8. The van der Waals surface area contributed by atoms with Crippen molar-refractivity contribution in [2.24, 2.45) is 0 Å². The van der Waals surface area contributed by atoms with Gasteiger partial charge in [0.1, 0.15) is 0 Å². The fraction of sp³-hybridized carbons (Fsp3) is 0.444. The summed E-state index contributed by atoms with van der Waals surface area (Å²) < 4.78 is 0. The van der Waals surface area contributed by atoms with E-state index in [1.165, 1.54) is 12.1 Å². The van der Waals surface area contributed by atoms with Gasteiger partial charge >= 0.3 is 0 Å². The van der Waals surface area contributed by atoms with Gasteiger partial charge in [-0.3, -0.25) is 4.98 Å². The molecule has 2 heteroatoms. The van der Waals surface area contributed by atoms with Gasteiger partial charge in [0.05, 0.1) is 11.7 Å². The van der Waals surface area contributed by atoms with Crippen molar-refractivity contribution in [1.82, 2.24) is 10.3 Å². The molecule has 1 fully saturated rings. The first kappa shape index (κ1) is 6.80. The Morgan fingerprint density at radius 2 is 2.36 bits per heavy atom. The molecule has 1 aromatic heterocycles. The summed E-state index contributed by atoms with van der Waals surface area (Å²) in [6, 6.07) is 6.71. The van der Waals surface area contributed by atoms with Crippen LogP contribution in [-0.4, -0.2) is 11.5 Å². The molecule has 1 aliphatic rings. The highest BCUT2D eigenvalue weighted by Gasteiger charge is 2.18. The minimum absolute atomic E-state index is 0.523. The van der Waals surface area contributed by atoms with Gasteiger partial charge in [-0.25, -0.2) is 0 Å². The third-order valence-corrected chi connectivity index (χ3v) is 2.09. The Morgan fingerprint density at radius 3 is 2.91 bits per heavy atom. The van der Waals surface area contributed by atoms with Crippen LogP contribution in [0.5, 0.6) is 0 Å². The Morgan fingerprint density at radius 1 is 1.55 bits per heavy atom. The SMILES string of the molecule is Cc1cccc([C@H]2CCN2)n1. The third-order valence-electron chi connectivity index (χ3n) is 2.09. The summed E-state index contributed by atoms with van der Waals surface area (Å²) in [6.45, 7) is 3.17. The van der Waals surface area contributed by atoms with Crippen molar-refractivity contribution in [3.05, 3.63) is 29.6 Å². The highest BCUT2D eigenvalue weighted by Crippen LogP contribution is 2.20. The summed E-state index contributed by atoms with van der Waals surface area (Å²) in [5.74, 6) is 0. The van der Waals surface area contributed by atoms with E-state index in [0.717, 1.165) is 12.2 Å². The molecule has 0 unspecified atom stereocenters. The molecule has 0 bridgehead atoms. The molecule has 58 valence electrons. The number of rotatable bonds is 1. The van der Waals surface area contributed by atoms with Crippen molar-refractivity contribution in [3.8, 4) is 0 Å². The summed E-state index contributed by atoms with van der Waals surface area (Å²) in [7, 11) is 0. The largest absolute Gasteiger partial charge is 0.309 e. The Labute approximate surface area is 66.7 Å². The first-order chi connectivity index (χ1) is 5.36. The van der Waals surface area contributed by atoms with Crippen LogP contribution >= 0.6 is 0 Å². The molecule has 0 aromatic carbocycles. The molecular weight excluding hydrogens is 136 g/mol. The number of aromatic nitrogens is 1. The van der Waals surface area contributed by atoms with E-state index in [4.69, 9.17) is 0 Å². The van der Waals surface area contributed by atoms with Crippen LogP contribution in [0.1, 0.15) is 23.9 Å². The van der Waals surface area contributed by atoms with Crippen LogP contribution in [0.3, 0.4) is 0 Å². The predicted octanol–water partition coefficient (Wildman–Crippen LogP) is 1.42. The lowest BCUT2D eigenvalue weighted by Gasteiger charge is -2.27. The minimum atomic E-state index is 0.523. The van der Waals surface area contributed by atoms with Crippen LogP contribution in [0.25, 0.3) is 0 Å². The second-order valence-corrected chi connectivity index (χ2v) is 3.00. The lowest BCUT2D eigenvalue weighted by atomic mass is 10.0. The molecule has 2 heterocycles. The molecule has 0 radical (unpaired) electrons. The van der Waals surface area contributed by atoms with E-state index in [0.29, 0.717) is 6.04 Å². The van der Waals surface area contributed by atoms with Gasteiger partial charge in [0.25, 0.3) is 0 Å². The summed E-state index contributed by atoms with van der Waals surface area (Å²) in [4.78, 5) is 4.43. The molecule has 1 aromatic rings. The number of nitrogens with zero attached hydrogens (tertiary/aromatic N) is 1. The lowest BCUT2D eigenvalue weighted by molar-refractivity contribution is 0.375. The van der Waals surface area contributed by atoms with Gasteiger partial charge in [-0.05, 0) is 32.0 Å². The van der Waals surface area contributed by atoms with Crippen molar-refractivity contribution in [1.29, 1.82) is 0 Å². The van der Waals surface area contributed by atoms with E-state index in [2.05, 4.69) is 22.4 Å². The predicted molar refractivity (Wildman–Crippen MR) is 44.3 cm³/mol. The van der Waals surface area contributed by atoms with Crippen LogP contribution in [-0.2, 0) is 0 Å². The molecule has 0 saturated carbocycles. The van der Waals surface area contributed by atoms with Gasteiger partial charge < -0.3 is 5.32 Å². The van der Waals surface area contributed by atoms with Crippen LogP contribution < -0.4 is 5.32 Å². The smallest absolute Gasteiger partial charge is 0.0576 e. The third kappa shape index (κ3) is 1.26. The molecule has 11 heavy (non-hydrogen) atoms. The fourth-order valence-corrected chi connectivity index (χ4v) is 1.30. The zero-order chi connectivity index (χ0) is 7.68. The topological polar surface area (TPSA) is 24.9 Å². The molecular formula is C9H12N2. The van der Waals surface area contributed by atoms with Crippen LogP contribution in [0.15, 0.2) is 18.2 Å². The van der Waals surface area contributed by atoms with Gasteiger partial charge in [0.15, 0.2) is 0 Å². The number of aryl methyl sites for hydroxylation is 1. The Bertz CT molecular complexity index is 253.